The van der Waals surface area contributed by atoms with Crippen molar-refractivity contribution < 1.29 is 5.11 Å². The van der Waals surface area contributed by atoms with E-state index < -0.39 is 6.10 Å². The number of aryl methyl sites for hydroxylation is 1. The zero-order valence-corrected chi connectivity index (χ0v) is 12.8. The Kier molecular flexibility index (Phi) is 3.34. The minimum absolute atomic E-state index is 0.0924. The van der Waals surface area contributed by atoms with Gasteiger partial charge in [0.05, 0.1) is 23.5 Å². The molecule has 1 fully saturated rings. The summed E-state index contributed by atoms with van der Waals surface area (Å²) < 4.78 is 0. The first-order chi connectivity index (χ1) is 10.8. The maximum Gasteiger partial charge on any atom is 0.148 e. The van der Waals surface area contributed by atoms with Crippen LogP contribution >= 0.6 is 0 Å². The van der Waals surface area contributed by atoms with Crippen LogP contribution in [-0.4, -0.2) is 21.2 Å². The van der Waals surface area contributed by atoms with Crippen LogP contribution in [0.3, 0.4) is 0 Å². The van der Waals surface area contributed by atoms with E-state index in [2.05, 4.69) is 29.4 Å². The second kappa shape index (κ2) is 5.36. The molecule has 0 spiro atoms. The molecule has 0 amide bonds. The molecule has 2 atom stereocenters. The summed E-state index contributed by atoms with van der Waals surface area (Å²) in [6, 6.07) is 8.14. The molecule has 0 aliphatic heterocycles. The normalized spacial score (nSPS) is 23.4. The predicted molar refractivity (Wildman–Crippen MR) is 85.9 cm³/mol. The van der Waals surface area contributed by atoms with Crippen molar-refractivity contribution in [3.05, 3.63) is 53.0 Å². The van der Waals surface area contributed by atoms with Crippen LogP contribution < -0.4 is 5.32 Å². The van der Waals surface area contributed by atoms with E-state index in [1.165, 1.54) is 24.0 Å². The molecule has 2 N–H and O–H groups in total. The molecule has 1 aromatic carbocycles. The highest BCUT2D eigenvalue weighted by Gasteiger charge is 2.32. The van der Waals surface area contributed by atoms with E-state index in [-0.39, 0.29) is 6.04 Å². The Balaban J connectivity index is 1.66. The van der Waals surface area contributed by atoms with Crippen LogP contribution in [-0.2, 0) is 12.8 Å². The number of nitrogens with one attached hydrogen (secondary N) is 1. The maximum atomic E-state index is 10.4. The van der Waals surface area contributed by atoms with Crippen LogP contribution in [0.1, 0.15) is 54.2 Å². The van der Waals surface area contributed by atoms with E-state index in [0.29, 0.717) is 12.3 Å². The molecule has 1 aromatic heterocycles. The van der Waals surface area contributed by atoms with E-state index in [1.54, 1.807) is 0 Å². The van der Waals surface area contributed by atoms with Gasteiger partial charge in [-0.15, -0.1) is 0 Å². The van der Waals surface area contributed by atoms with Gasteiger partial charge in [0.25, 0.3) is 0 Å². The smallest absolute Gasteiger partial charge is 0.148 e. The molecule has 0 bridgehead atoms. The highest BCUT2D eigenvalue weighted by molar-refractivity contribution is 5.48. The van der Waals surface area contributed by atoms with Gasteiger partial charge < -0.3 is 10.4 Å². The van der Waals surface area contributed by atoms with E-state index in [4.69, 9.17) is 4.98 Å². The molecule has 114 valence electrons. The number of aliphatic hydroxyl groups is 1. The average Bonchev–Trinajstić information content (AvgIpc) is 3.33. The summed E-state index contributed by atoms with van der Waals surface area (Å²) in [7, 11) is 0. The lowest BCUT2D eigenvalue weighted by atomic mass is 10.1. The van der Waals surface area contributed by atoms with Gasteiger partial charge in [-0.05, 0) is 30.4 Å². The van der Waals surface area contributed by atoms with E-state index >= 15 is 0 Å². The van der Waals surface area contributed by atoms with Crippen LogP contribution in [0, 0.1) is 0 Å². The SMILES string of the molecule is CCc1ncc(C2CC2)nc1N[C@@H]1c2ccccc2C[C@@H]1O. The Morgan fingerprint density at radius 1 is 1.27 bits per heavy atom. The van der Waals surface area contributed by atoms with Crippen molar-refractivity contribution in [2.75, 3.05) is 5.32 Å². The molecule has 1 heterocycles. The second-order valence-corrected chi connectivity index (χ2v) is 6.31. The maximum absolute atomic E-state index is 10.4. The third-order valence-corrected chi connectivity index (χ3v) is 4.69. The average molecular weight is 295 g/mol. The van der Waals surface area contributed by atoms with Gasteiger partial charge in [0.15, 0.2) is 0 Å². The van der Waals surface area contributed by atoms with Gasteiger partial charge in [-0.25, -0.2) is 4.98 Å². The summed E-state index contributed by atoms with van der Waals surface area (Å²) in [6.45, 7) is 2.09. The summed E-state index contributed by atoms with van der Waals surface area (Å²) in [6.07, 6.45) is 5.48. The fraction of sp³-hybridized carbons (Fsp3) is 0.444. The molecule has 2 aliphatic rings. The van der Waals surface area contributed by atoms with Crippen molar-refractivity contribution in [1.29, 1.82) is 0 Å². The molecule has 4 heteroatoms. The van der Waals surface area contributed by atoms with Gasteiger partial charge in [-0.1, -0.05) is 31.2 Å². The Morgan fingerprint density at radius 3 is 2.86 bits per heavy atom. The summed E-state index contributed by atoms with van der Waals surface area (Å²) in [5, 5.41) is 13.9. The first kappa shape index (κ1) is 13.7. The first-order valence-electron chi connectivity index (χ1n) is 8.14. The molecule has 0 radical (unpaired) electrons. The van der Waals surface area contributed by atoms with Crippen LogP contribution in [0.5, 0.6) is 0 Å². The lowest BCUT2D eigenvalue weighted by Gasteiger charge is -2.20. The minimum atomic E-state index is -0.409. The molecule has 2 aromatic rings. The molecule has 2 aliphatic carbocycles. The zero-order chi connectivity index (χ0) is 15.1. The summed E-state index contributed by atoms with van der Waals surface area (Å²) in [5.74, 6) is 1.42. The van der Waals surface area contributed by atoms with Gasteiger partial charge in [0, 0.05) is 18.5 Å². The highest BCUT2D eigenvalue weighted by atomic mass is 16.3. The number of rotatable bonds is 4. The van der Waals surface area contributed by atoms with Gasteiger partial charge in [0.1, 0.15) is 5.82 Å². The van der Waals surface area contributed by atoms with Crippen molar-refractivity contribution in [2.24, 2.45) is 0 Å². The summed E-state index contributed by atoms with van der Waals surface area (Å²) >= 11 is 0. The monoisotopic (exact) mass is 295 g/mol. The fourth-order valence-electron chi connectivity index (χ4n) is 3.27. The molecule has 0 saturated heterocycles. The number of nitrogens with zero attached hydrogens (tertiary/aromatic N) is 2. The molecule has 1 saturated carbocycles. The quantitative estimate of drug-likeness (QED) is 0.910. The van der Waals surface area contributed by atoms with Crippen LogP contribution in [0.2, 0.25) is 0 Å². The molecular weight excluding hydrogens is 274 g/mol. The summed E-state index contributed by atoms with van der Waals surface area (Å²) in [5.41, 5.74) is 4.45. The third-order valence-electron chi connectivity index (χ3n) is 4.69. The molecular formula is C18H21N3O. The van der Waals surface area contributed by atoms with E-state index in [9.17, 15) is 5.11 Å². The van der Waals surface area contributed by atoms with Gasteiger partial charge in [-0.3, -0.25) is 4.98 Å². The van der Waals surface area contributed by atoms with Crippen LogP contribution in [0.15, 0.2) is 30.5 Å². The van der Waals surface area contributed by atoms with Gasteiger partial charge in [-0.2, -0.15) is 0 Å². The van der Waals surface area contributed by atoms with Crippen molar-refractivity contribution in [1.82, 2.24) is 9.97 Å². The largest absolute Gasteiger partial charge is 0.390 e. The van der Waals surface area contributed by atoms with E-state index in [0.717, 1.165) is 23.6 Å². The molecule has 4 nitrogen and oxygen atoms in total. The third kappa shape index (κ3) is 2.37. The Morgan fingerprint density at radius 2 is 2.09 bits per heavy atom. The van der Waals surface area contributed by atoms with Crippen molar-refractivity contribution in [2.45, 2.75) is 50.7 Å². The number of hydrogen-bond acceptors (Lipinski definition) is 4. The minimum Gasteiger partial charge on any atom is -0.390 e. The van der Waals surface area contributed by atoms with Crippen LogP contribution in [0.4, 0.5) is 5.82 Å². The predicted octanol–water partition coefficient (Wildman–Crippen LogP) is 2.99. The molecule has 22 heavy (non-hydrogen) atoms. The first-order valence-corrected chi connectivity index (χ1v) is 8.14. The number of aromatic nitrogens is 2. The Labute approximate surface area is 130 Å². The van der Waals surface area contributed by atoms with Gasteiger partial charge >= 0.3 is 0 Å². The number of fused-ring (bicyclic) bond motifs is 1. The van der Waals surface area contributed by atoms with Crippen LogP contribution in [0.25, 0.3) is 0 Å². The van der Waals surface area contributed by atoms with Crippen molar-refractivity contribution >= 4 is 5.82 Å². The topological polar surface area (TPSA) is 58.0 Å². The number of anilines is 1. The number of aliphatic hydroxyl groups excluding tert-OH is 1. The van der Waals surface area contributed by atoms with Gasteiger partial charge in [0.2, 0.25) is 0 Å². The standard InChI is InChI=1S/C18H21N3O/c1-2-14-18(20-15(10-19-14)11-7-8-11)21-17-13-6-4-3-5-12(13)9-16(17)22/h3-6,10-11,16-17,22H,2,7-9H2,1H3,(H,20,21)/t16-,17+/m0/s1. The Hall–Kier alpha value is -1.94. The zero-order valence-electron chi connectivity index (χ0n) is 12.8. The summed E-state index contributed by atoms with van der Waals surface area (Å²) in [4.78, 5) is 9.37. The van der Waals surface area contributed by atoms with E-state index in [1.807, 2.05) is 18.3 Å². The number of hydrogen-bond donors (Lipinski definition) is 2. The number of benzene rings is 1. The molecule has 4 rings (SSSR count). The fourth-order valence-corrected chi connectivity index (χ4v) is 3.27. The Bertz CT molecular complexity index is 696. The van der Waals surface area contributed by atoms with Crippen molar-refractivity contribution in [3.63, 3.8) is 0 Å². The molecule has 0 unspecified atom stereocenters. The lowest BCUT2D eigenvalue weighted by Crippen LogP contribution is -2.23. The lowest BCUT2D eigenvalue weighted by molar-refractivity contribution is 0.165. The second-order valence-electron chi connectivity index (χ2n) is 6.31. The highest BCUT2D eigenvalue weighted by Crippen LogP contribution is 2.40. The van der Waals surface area contributed by atoms with Crippen molar-refractivity contribution in [3.8, 4) is 0 Å².